The summed E-state index contributed by atoms with van der Waals surface area (Å²) in [5.74, 6) is 0.696. The molecule has 4 aromatic rings. The van der Waals surface area contributed by atoms with Gasteiger partial charge in [0.1, 0.15) is 5.69 Å². The molecule has 6 heteroatoms. The molecule has 0 aliphatic carbocycles. The van der Waals surface area contributed by atoms with Gasteiger partial charge in [0, 0.05) is 5.56 Å². The molecule has 0 saturated carbocycles. The first-order valence-electron chi connectivity index (χ1n) is 7.67. The van der Waals surface area contributed by atoms with E-state index in [1.165, 1.54) is 0 Å². The number of hydrogen-bond acceptors (Lipinski definition) is 3. The number of rotatable bonds is 2. The van der Waals surface area contributed by atoms with Gasteiger partial charge in [-0.3, -0.25) is 0 Å². The maximum Gasteiger partial charge on any atom is 0.509 e. The fourth-order valence-corrected chi connectivity index (χ4v) is 4.10. The molecule has 0 aliphatic heterocycles. The third-order valence-corrected chi connectivity index (χ3v) is 5.66. The predicted molar refractivity (Wildman–Crippen MR) is 95.6 cm³/mol. The van der Waals surface area contributed by atoms with Crippen LogP contribution in [-0.4, -0.2) is 19.1 Å². The quantitative estimate of drug-likeness (QED) is 0.543. The largest absolute Gasteiger partial charge is 0.509 e. The fourth-order valence-electron chi connectivity index (χ4n) is 2.83. The van der Waals surface area contributed by atoms with E-state index in [1.54, 1.807) is 9.01 Å². The molecule has 2 heterocycles. The molecule has 0 fully saturated rings. The number of nitrogens with zero attached hydrogens (tertiary/aromatic N) is 4. The minimum atomic E-state index is -1.75. The highest BCUT2D eigenvalue weighted by Gasteiger charge is 2.26. The van der Waals surface area contributed by atoms with Gasteiger partial charge in [-0.25, -0.2) is 9.67 Å². The van der Waals surface area contributed by atoms with E-state index in [2.05, 4.69) is 5.10 Å². The Morgan fingerprint density at radius 2 is 1.58 bits per heavy atom. The van der Waals surface area contributed by atoms with Crippen LogP contribution in [0.1, 0.15) is 5.69 Å². The molecule has 1 atom stereocenters. The highest BCUT2D eigenvalue weighted by molar-refractivity contribution is 7.39. The van der Waals surface area contributed by atoms with Gasteiger partial charge in [0.05, 0.1) is 12.7 Å². The van der Waals surface area contributed by atoms with Crippen LogP contribution >= 0.6 is 7.57 Å². The smallest absolute Gasteiger partial charge is 0.211 e. The van der Waals surface area contributed by atoms with Crippen molar-refractivity contribution in [2.45, 2.75) is 6.92 Å². The van der Waals surface area contributed by atoms with Gasteiger partial charge in [-0.05, 0) is 23.6 Å². The van der Waals surface area contributed by atoms with Crippen molar-refractivity contribution in [3.8, 4) is 17.1 Å². The lowest BCUT2D eigenvalue weighted by Crippen LogP contribution is -2.01. The Kier molecular flexibility index (Phi) is 3.51. The Hall–Kier alpha value is -2.78. The van der Waals surface area contributed by atoms with Crippen molar-refractivity contribution in [3.05, 3.63) is 66.4 Å². The summed E-state index contributed by atoms with van der Waals surface area (Å²) in [4.78, 5) is 4.80. The minimum absolute atomic E-state index is 0.650. The molecule has 0 radical (unpaired) electrons. The van der Waals surface area contributed by atoms with Crippen LogP contribution in [0.2, 0.25) is 0 Å². The SMILES string of the molecule is Cc1nn(-c2ccccc2)c2nc(-c3ccccc3)n(C)[p+](=O)c12. The van der Waals surface area contributed by atoms with Crippen molar-refractivity contribution < 1.29 is 4.57 Å². The van der Waals surface area contributed by atoms with Gasteiger partial charge in [-0.1, -0.05) is 48.5 Å². The van der Waals surface area contributed by atoms with Crippen molar-refractivity contribution in [1.29, 1.82) is 0 Å². The molecule has 0 spiro atoms. The molecule has 5 nitrogen and oxygen atoms in total. The van der Waals surface area contributed by atoms with Crippen LogP contribution in [0.15, 0.2) is 60.7 Å². The first kappa shape index (κ1) is 14.8. The van der Waals surface area contributed by atoms with Crippen molar-refractivity contribution in [1.82, 2.24) is 19.1 Å². The van der Waals surface area contributed by atoms with Gasteiger partial charge in [0.25, 0.3) is 5.12 Å². The molecule has 1 unspecified atom stereocenters. The number of aromatic nitrogens is 4. The number of hydrogen-bond donors (Lipinski definition) is 0. The number of fused-ring (bicyclic) bond motifs is 1. The second-order valence-corrected chi connectivity index (χ2v) is 7.20. The Morgan fingerprint density at radius 3 is 2.25 bits per heavy atom. The summed E-state index contributed by atoms with van der Waals surface area (Å²) in [6.45, 7) is 1.88. The highest BCUT2D eigenvalue weighted by atomic mass is 31.1. The molecule has 2 aromatic heterocycles. The lowest BCUT2D eigenvalue weighted by molar-refractivity contribution is 0.592. The standard InChI is InChI=1S/C18H16N4OP/c1-13-16-18(22(20-13)15-11-7-4-8-12-15)19-17(21(2)24(16)23)14-9-5-3-6-10-14/h3-12H,1-2H3/q+1. The van der Waals surface area contributed by atoms with Crippen LogP contribution in [0, 0.1) is 6.92 Å². The molecule has 24 heavy (non-hydrogen) atoms. The van der Waals surface area contributed by atoms with E-state index in [1.807, 2.05) is 74.6 Å². The number of aryl methyl sites for hydroxylation is 1. The van der Waals surface area contributed by atoms with Crippen LogP contribution in [0.3, 0.4) is 0 Å². The summed E-state index contributed by atoms with van der Waals surface area (Å²) in [6, 6.07) is 19.6. The number of para-hydroxylation sites is 1. The summed E-state index contributed by atoms with van der Waals surface area (Å²) in [5, 5.41) is 5.28. The predicted octanol–water partition coefficient (Wildman–Crippen LogP) is 4.48. The van der Waals surface area contributed by atoms with E-state index in [0.717, 1.165) is 16.9 Å². The van der Waals surface area contributed by atoms with E-state index in [0.29, 0.717) is 16.6 Å². The summed E-state index contributed by atoms with van der Waals surface area (Å²) in [7, 11) is 0.0595. The van der Waals surface area contributed by atoms with Gasteiger partial charge < -0.3 is 0 Å². The summed E-state index contributed by atoms with van der Waals surface area (Å²) < 4.78 is 16.5. The molecular weight excluding hydrogens is 319 g/mol. The Balaban J connectivity index is 2.09. The van der Waals surface area contributed by atoms with Crippen LogP contribution in [0.4, 0.5) is 0 Å². The molecule has 0 saturated heterocycles. The van der Waals surface area contributed by atoms with Crippen molar-refractivity contribution in [2.24, 2.45) is 7.05 Å². The molecule has 0 aliphatic rings. The third kappa shape index (κ3) is 2.25. The molecule has 4 rings (SSSR count). The summed E-state index contributed by atoms with van der Waals surface area (Å²) >= 11 is 0. The average Bonchev–Trinajstić information content (AvgIpc) is 2.96. The Bertz CT molecular complexity index is 1080. The molecule has 2 aromatic carbocycles. The molecular formula is C18H16N4OP+. The van der Waals surface area contributed by atoms with E-state index in [9.17, 15) is 4.57 Å². The highest BCUT2D eigenvalue weighted by Crippen LogP contribution is 2.34. The van der Waals surface area contributed by atoms with Gasteiger partial charge >= 0.3 is 7.57 Å². The normalized spacial score (nSPS) is 11.8. The van der Waals surface area contributed by atoms with Crippen molar-refractivity contribution in [3.63, 3.8) is 0 Å². The first-order valence-corrected chi connectivity index (χ1v) is 8.88. The zero-order valence-electron chi connectivity index (χ0n) is 13.4. The van der Waals surface area contributed by atoms with E-state index >= 15 is 0 Å². The number of benzene rings is 2. The third-order valence-electron chi connectivity index (χ3n) is 4.02. The van der Waals surface area contributed by atoms with Gasteiger partial charge in [-0.15, -0.1) is 4.33 Å². The van der Waals surface area contributed by atoms with Crippen molar-refractivity contribution in [2.75, 3.05) is 0 Å². The van der Waals surface area contributed by atoms with Crippen LogP contribution in [0.5, 0.6) is 0 Å². The van der Waals surface area contributed by atoms with Crippen LogP contribution < -0.4 is 0 Å². The fraction of sp³-hybridized carbons (Fsp3) is 0.111. The topological polar surface area (TPSA) is 52.7 Å². The zero-order valence-corrected chi connectivity index (χ0v) is 14.3. The molecule has 118 valence electrons. The second kappa shape index (κ2) is 5.69. The van der Waals surface area contributed by atoms with Gasteiger partial charge in [-0.2, -0.15) is 5.10 Å². The molecule has 0 N–H and O–H groups in total. The lowest BCUT2D eigenvalue weighted by atomic mass is 10.2. The zero-order chi connectivity index (χ0) is 16.7. The van der Waals surface area contributed by atoms with Gasteiger partial charge in [0.15, 0.2) is 5.82 Å². The molecule has 0 amide bonds. The van der Waals surface area contributed by atoms with E-state index in [4.69, 9.17) is 4.98 Å². The Labute approximate surface area is 140 Å². The van der Waals surface area contributed by atoms with Crippen LogP contribution in [-0.2, 0) is 11.6 Å². The minimum Gasteiger partial charge on any atom is -0.211 e. The Morgan fingerprint density at radius 1 is 0.958 bits per heavy atom. The average molecular weight is 335 g/mol. The first-order chi connectivity index (χ1) is 11.7. The lowest BCUT2D eigenvalue weighted by Gasteiger charge is -2.04. The summed E-state index contributed by atoms with van der Waals surface area (Å²) in [6.07, 6.45) is 0. The monoisotopic (exact) mass is 335 g/mol. The van der Waals surface area contributed by atoms with Crippen molar-refractivity contribution >= 4 is 18.3 Å². The van der Waals surface area contributed by atoms with E-state index < -0.39 is 7.57 Å². The van der Waals surface area contributed by atoms with Crippen LogP contribution in [0.25, 0.3) is 27.8 Å². The maximum absolute atomic E-state index is 13.0. The second-order valence-electron chi connectivity index (χ2n) is 5.60. The molecule has 0 bridgehead atoms. The summed E-state index contributed by atoms with van der Waals surface area (Å²) in [5.41, 5.74) is 3.24. The van der Waals surface area contributed by atoms with Gasteiger partial charge in [0.2, 0.25) is 5.65 Å². The van der Waals surface area contributed by atoms with E-state index in [-0.39, 0.29) is 0 Å². The maximum atomic E-state index is 13.0.